The molecule has 88 valence electrons. The lowest BCUT2D eigenvalue weighted by atomic mass is 9.90. The lowest BCUT2D eigenvalue weighted by Crippen LogP contribution is -2.48. The third kappa shape index (κ3) is 1.53. The van der Waals surface area contributed by atoms with Gasteiger partial charge in [-0.25, -0.2) is 0 Å². The van der Waals surface area contributed by atoms with E-state index in [4.69, 9.17) is 0 Å². The Balaban J connectivity index is 1.87. The minimum absolute atomic E-state index is 0.610. The van der Waals surface area contributed by atoms with Crippen LogP contribution in [0.5, 0.6) is 0 Å². The molecule has 1 saturated heterocycles. The first kappa shape index (κ1) is 10.1. The second-order valence-corrected chi connectivity index (χ2v) is 5.96. The smallest absolute Gasteiger partial charge is 0.0476 e. The minimum Gasteiger partial charge on any atom is -0.314 e. The summed E-state index contributed by atoms with van der Waals surface area (Å²) in [6.07, 6.45) is 1.22. The van der Waals surface area contributed by atoms with Gasteiger partial charge in [0.15, 0.2) is 0 Å². The Morgan fingerprint density at radius 3 is 3.29 bits per heavy atom. The highest BCUT2D eigenvalue weighted by Crippen LogP contribution is 2.34. The van der Waals surface area contributed by atoms with Crippen LogP contribution in [0.3, 0.4) is 0 Å². The van der Waals surface area contributed by atoms with Crippen molar-refractivity contribution >= 4 is 21.4 Å². The van der Waals surface area contributed by atoms with Crippen molar-refractivity contribution in [3.63, 3.8) is 0 Å². The van der Waals surface area contributed by atoms with E-state index in [0.29, 0.717) is 6.04 Å². The molecule has 0 radical (unpaired) electrons. The van der Waals surface area contributed by atoms with Crippen LogP contribution < -0.4 is 5.32 Å². The zero-order chi connectivity index (χ0) is 11.2. The summed E-state index contributed by atoms with van der Waals surface area (Å²) in [5.41, 5.74) is 3.14. The van der Waals surface area contributed by atoms with Crippen molar-refractivity contribution < 1.29 is 0 Å². The summed E-state index contributed by atoms with van der Waals surface area (Å²) in [5, 5.41) is 7.15. The van der Waals surface area contributed by atoms with E-state index >= 15 is 0 Å². The second-order valence-electron chi connectivity index (χ2n) is 5.02. The molecule has 1 unspecified atom stereocenters. The number of hydrogen-bond donors (Lipinski definition) is 1. The van der Waals surface area contributed by atoms with Gasteiger partial charge in [-0.3, -0.25) is 4.90 Å². The van der Waals surface area contributed by atoms with Crippen molar-refractivity contribution in [2.45, 2.75) is 12.5 Å². The van der Waals surface area contributed by atoms with E-state index in [-0.39, 0.29) is 0 Å². The number of benzene rings is 1. The molecule has 0 aliphatic carbocycles. The van der Waals surface area contributed by atoms with Crippen LogP contribution in [0.2, 0.25) is 0 Å². The molecule has 1 aromatic heterocycles. The molecule has 0 spiro atoms. The maximum atomic E-state index is 3.53. The van der Waals surface area contributed by atoms with E-state index in [1.807, 2.05) is 11.3 Å². The van der Waals surface area contributed by atoms with Gasteiger partial charge in [-0.2, -0.15) is 0 Å². The average molecular weight is 244 g/mol. The molecule has 2 aliphatic heterocycles. The molecule has 0 bridgehead atoms. The fourth-order valence-electron chi connectivity index (χ4n) is 3.18. The number of rotatable bonds is 0. The molecular formula is C14H16N2S. The van der Waals surface area contributed by atoms with Crippen molar-refractivity contribution in [2.24, 2.45) is 0 Å². The molecule has 17 heavy (non-hydrogen) atoms. The summed E-state index contributed by atoms with van der Waals surface area (Å²) in [4.78, 5) is 2.64. The largest absolute Gasteiger partial charge is 0.314 e. The van der Waals surface area contributed by atoms with Gasteiger partial charge < -0.3 is 5.32 Å². The first-order chi connectivity index (χ1) is 8.42. The lowest BCUT2D eigenvalue weighted by molar-refractivity contribution is 0.152. The Morgan fingerprint density at radius 2 is 2.29 bits per heavy atom. The van der Waals surface area contributed by atoms with Crippen molar-refractivity contribution in [2.75, 3.05) is 26.2 Å². The van der Waals surface area contributed by atoms with Crippen LogP contribution in [0.4, 0.5) is 0 Å². The third-order valence-electron chi connectivity index (χ3n) is 4.10. The predicted molar refractivity (Wildman–Crippen MR) is 72.7 cm³/mol. The van der Waals surface area contributed by atoms with Crippen LogP contribution in [-0.2, 0) is 6.42 Å². The van der Waals surface area contributed by atoms with Gasteiger partial charge in [-0.05, 0) is 46.5 Å². The topological polar surface area (TPSA) is 15.3 Å². The number of nitrogens with one attached hydrogen (secondary N) is 1. The van der Waals surface area contributed by atoms with Crippen molar-refractivity contribution in [1.29, 1.82) is 0 Å². The molecule has 3 heteroatoms. The van der Waals surface area contributed by atoms with Gasteiger partial charge in [-0.15, -0.1) is 11.3 Å². The predicted octanol–water partition coefficient (Wildman–Crippen LogP) is 2.40. The fourth-order valence-corrected chi connectivity index (χ4v) is 4.00. The fraction of sp³-hybridized carbons (Fsp3) is 0.429. The second kappa shape index (κ2) is 3.80. The normalized spacial score (nSPS) is 24.6. The molecule has 4 rings (SSSR count). The zero-order valence-corrected chi connectivity index (χ0v) is 10.6. The zero-order valence-electron chi connectivity index (χ0n) is 9.78. The van der Waals surface area contributed by atoms with Gasteiger partial charge in [0.1, 0.15) is 0 Å². The van der Waals surface area contributed by atoms with Crippen LogP contribution in [-0.4, -0.2) is 31.1 Å². The molecule has 1 aromatic carbocycles. The molecule has 1 atom stereocenters. The van der Waals surface area contributed by atoms with E-state index in [9.17, 15) is 0 Å². The van der Waals surface area contributed by atoms with E-state index in [1.54, 1.807) is 11.1 Å². The summed E-state index contributed by atoms with van der Waals surface area (Å²) in [7, 11) is 0. The van der Waals surface area contributed by atoms with Crippen molar-refractivity contribution in [3.05, 3.63) is 34.7 Å². The van der Waals surface area contributed by atoms with Gasteiger partial charge in [0.05, 0.1) is 0 Å². The number of fused-ring (bicyclic) bond motifs is 4. The Hall–Kier alpha value is -0.900. The average Bonchev–Trinajstić information content (AvgIpc) is 2.83. The van der Waals surface area contributed by atoms with Crippen LogP contribution in [0.1, 0.15) is 17.2 Å². The monoisotopic (exact) mass is 244 g/mol. The maximum absolute atomic E-state index is 3.53. The first-order valence-corrected chi connectivity index (χ1v) is 7.24. The lowest BCUT2D eigenvalue weighted by Gasteiger charge is -2.40. The minimum atomic E-state index is 0.610. The van der Waals surface area contributed by atoms with Crippen LogP contribution in [0.15, 0.2) is 23.6 Å². The van der Waals surface area contributed by atoms with Gasteiger partial charge in [0.25, 0.3) is 0 Å². The molecule has 2 aliphatic rings. The van der Waals surface area contributed by atoms with Gasteiger partial charge in [-0.1, -0.05) is 0 Å². The highest BCUT2D eigenvalue weighted by atomic mass is 32.1. The van der Waals surface area contributed by atoms with E-state index in [2.05, 4.69) is 33.8 Å². The summed E-state index contributed by atoms with van der Waals surface area (Å²) in [6, 6.07) is 7.69. The standard InChI is InChI=1S/C14H16N2S/c1-4-16-5-3-15-9-13(16)12-8-14-11(2-6-17-14)7-10(1)12/h2,6-8,13,15H,1,3-5,9H2. The quantitative estimate of drug-likeness (QED) is 0.765. The number of nitrogens with zero attached hydrogens (tertiary/aromatic N) is 1. The molecule has 2 nitrogen and oxygen atoms in total. The van der Waals surface area contributed by atoms with E-state index in [1.165, 1.54) is 29.6 Å². The third-order valence-corrected chi connectivity index (χ3v) is 4.98. The molecule has 0 saturated carbocycles. The Kier molecular flexibility index (Phi) is 2.25. The van der Waals surface area contributed by atoms with Crippen LogP contribution >= 0.6 is 11.3 Å². The summed E-state index contributed by atoms with van der Waals surface area (Å²) in [6.45, 7) is 4.69. The van der Waals surface area contributed by atoms with Gasteiger partial charge >= 0.3 is 0 Å². The van der Waals surface area contributed by atoms with E-state index in [0.717, 1.165) is 13.1 Å². The van der Waals surface area contributed by atoms with Crippen LogP contribution in [0.25, 0.3) is 10.1 Å². The Labute approximate surface area is 105 Å². The first-order valence-electron chi connectivity index (χ1n) is 6.36. The molecular weight excluding hydrogens is 228 g/mol. The highest BCUT2D eigenvalue weighted by molar-refractivity contribution is 7.17. The van der Waals surface area contributed by atoms with Crippen molar-refractivity contribution in [1.82, 2.24) is 10.2 Å². The van der Waals surface area contributed by atoms with Crippen LogP contribution in [0, 0.1) is 0 Å². The summed E-state index contributed by atoms with van der Waals surface area (Å²) < 4.78 is 1.44. The van der Waals surface area contributed by atoms with Gasteiger partial charge in [0.2, 0.25) is 0 Å². The molecule has 1 fully saturated rings. The summed E-state index contributed by atoms with van der Waals surface area (Å²) >= 11 is 1.86. The maximum Gasteiger partial charge on any atom is 0.0476 e. The molecule has 3 heterocycles. The molecule has 1 N–H and O–H groups in total. The Bertz CT molecular complexity index is 560. The van der Waals surface area contributed by atoms with E-state index < -0.39 is 0 Å². The number of hydrogen-bond acceptors (Lipinski definition) is 3. The Morgan fingerprint density at radius 1 is 1.29 bits per heavy atom. The number of thiophene rings is 1. The summed E-state index contributed by atoms with van der Waals surface area (Å²) in [5.74, 6) is 0. The highest BCUT2D eigenvalue weighted by Gasteiger charge is 2.29. The molecule has 0 amide bonds. The number of piperazine rings is 1. The van der Waals surface area contributed by atoms with Crippen molar-refractivity contribution in [3.8, 4) is 0 Å². The molecule has 2 aromatic rings. The SMILES string of the molecule is c1cc2cc3c(cc2s1)C1CNCCN1CC3. The van der Waals surface area contributed by atoms with Gasteiger partial charge in [0, 0.05) is 36.9 Å².